The highest BCUT2D eigenvalue weighted by Gasteiger charge is 2.07. The molecule has 0 saturated heterocycles. The molecule has 134 valence electrons. The maximum absolute atomic E-state index is 13.6. The van der Waals surface area contributed by atoms with Crippen molar-refractivity contribution in [3.63, 3.8) is 0 Å². The molecule has 0 unspecified atom stereocenters. The van der Waals surface area contributed by atoms with E-state index in [1.165, 1.54) is 6.07 Å². The van der Waals surface area contributed by atoms with Crippen molar-refractivity contribution in [2.24, 2.45) is 0 Å². The van der Waals surface area contributed by atoms with Gasteiger partial charge in [0.05, 0.1) is 5.02 Å². The molecular weight excluding hydrogens is 372 g/mol. The Balaban J connectivity index is 1.64. The highest BCUT2D eigenvalue weighted by molar-refractivity contribution is 6.32. The fraction of sp³-hybridized carbons (Fsp3) is 0.143. The maximum atomic E-state index is 13.6. The third kappa shape index (κ3) is 4.48. The molecule has 26 heavy (non-hydrogen) atoms. The van der Waals surface area contributed by atoms with Crippen molar-refractivity contribution in [1.82, 2.24) is 0 Å². The van der Waals surface area contributed by atoms with Gasteiger partial charge < -0.3 is 10.1 Å². The topological polar surface area (TPSA) is 21.3 Å². The lowest BCUT2D eigenvalue weighted by Crippen LogP contribution is -2.02. The van der Waals surface area contributed by atoms with Crippen molar-refractivity contribution in [3.05, 3.63) is 93.2 Å². The first-order valence-corrected chi connectivity index (χ1v) is 8.94. The molecule has 0 aliphatic rings. The number of hydrogen-bond acceptors (Lipinski definition) is 2. The van der Waals surface area contributed by atoms with Crippen molar-refractivity contribution in [1.29, 1.82) is 0 Å². The number of benzene rings is 3. The summed E-state index contributed by atoms with van der Waals surface area (Å²) in [7, 11) is 0. The molecule has 0 aliphatic carbocycles. The second-order valence-corrected chi connectivity index (χ2v) is 6.73. The number of hydrogen-bond donors (Lipinski definition) is 1. The van der Waals surface area contributed by atoms with Crippen molar-refractivity contribution in [3.8, 4) is 5.75 Å². The summed E-state index contributed by atoms with van der Waals surface area (Å²) in [6.07, 6.45) is 0. The first-order valence-electron chi connectivity index (χ1n) is 8.18. The molecule has 5 heteroatoms. The minimum absolute atomic E-state index is 0.131. The zero-order valence-electron chi connectivity index (χ0n) is 14.2. The Morgan fingerprint density at radius 2 is 1.77 bits per heavy atom. The van der Waals surface area contributed by atoms with Crippen LogP contribution in [-0.2, 0) is 13.2 Å². The number of ether oxygens (including phenoxy) is 1. The van der Waals surface area contributed by atoms with Gasteiger partial charge in [-0.15, -0.1) is 0 Å². The van der Waals surface area contributed by atoms with Gasteiger partial charge in [-0.1, -0.05) is 53.5 Å². The van der Waals surface area contributed by atoms with Crippen molar-refractivity contribution in [2.45, 2.75) is 20.1 Å². The third-order valence-electron chi connectivity index (χ3n) is 4.09. The van der Waals surface area contributed by atoms with Gasteiger partial charge in [0.2, 0.25) is 0 Å². The highest BCUT2D eigenvalue weighted by Crippen LogP contribution is 2.28. The number of halogens is 3. The molecule has 0 aliphatic heterocycles. The van der Waals surface area contributed by atoms with Gasteiger partial charge in [-0.05, 0) is 48.4 Å². The van der Waals surface area contributed by atoms with Crippen molar-refractivity contribution >= 4 is 28.9 Å². The first-order chi connectivity index (χ1) is 12.5. The number of rotatable bonds is 6. The van der Waals surface area contributed by atoms with E-state index in [1.807, 2.05) is 37.3 Å². The monoisotopic (exact) mass is 389 g/mol. The molecule has 0 bridgehead atoms. The van der Waals surface area contributed by atoms with Crippen LogP contribution in [0.2, 0.25) is 10.0 Å². The normalized spacial score (nSPS) is 10.6. The molecule has 3 aromatic rings. The van der Waals surface area contributed by atoms with Crippen LogP contribution in [0.5, 0.6) is 5.75 Å². The van der Waals surface area contributed by atoms with Crippen LogP contribution in [0, 0.1) is 12.7 Å². The average molecular weight is 390 g/mol. The van der Waals surface area contributed by atoms with E-state index in [0.717, 1.165) is 21.8 Å². The predicted molar refractivity (Wildman–Crippen MR) is 106 cm³/mol. The van der Waals surface area contributed by atoms with Crippen LogP contribution in [0.3, 0.4) is 0 Å². The Morgan fingerprint density at radius 1 is 0.962 bits per heavy atom. The van der Waals surface area contributed by atoms with Crippen LogP contribution >= 0.6 is 23.2 Å². The van der Waals surface area contributed by atoms with Gasteiger partial charge in [-0.25, -0.2) is 4.39 Å². The van der Waals surface area contributed by atoms with Crippen LogP contribution in [0.25, 0.3) is 0 Å². The second kappa shape index (κ2) is 8.43. The van der Waals surface area contributed by atoms with E-state index in [0.29, 0.717) is 22.9 Å². The van der Waals surface area contributed by atoms with Crippen LogP contribution in [-0.4, -0.2) is 0 Å². The van der Waals surface area contributed by atoms with Gasteiger partial charge in [-0.3, -0.25) is 0 Å². The molecule has 3 rings (SSSR count). The molecule has 0 amide bonds. The quantitative estimate of drug-likeness (QED) is 0.510. The van der Waals surface area contributed by atoms with E-state index in [-0.39, 0.29) is 12.4 Å². The average Bonchev–Trinajstić information content (AvgIpc) is 2.63. The van der Waals surface area contributed by atoms with Gasteiger partial charge in [-0.2, -0.15) is 0 Å². The lowest BCUT2D eigenvalue weighted by molar-refractivity contribution is 0.300. The SMILES string of the molecule is Cc1c(Cl)cccc1NCc1ccc(OCc2ccccc2F)c(Cl)c1. The van der Waals surface area contributed by atoms with Crippen LogP contribution < -0.4 is 10.1 Å². The summed E-state index contributed by atoms with van der Waals surface area (Å²) in [5, 5.41) is 4.56. The van der Waals surface area contributed by atoms with Crippen LogP contribution in [0.15, 0.2) is 60.7 Å². The van der Waals surface area contributed by atoms with Gasteiger partial charge >= 0.3 is 0 Å². The van der Waals surface area contributed by atoms with E-state index in [2.05, 4.69) is 5.32 Å². The Morgan fingerprint density at radius 3 is 2.54 bits per heavy atom. The van der Waals surface area contributed by atoms with Crippen LogP contribution in [0.1, 0.15) is 16.7 Å². The van der Waals surface area contributed by atoms with Gasteiger partial charge in [0.1, 0.15) is 18.2 Å². The summed E-state index contributed by atoms with van der Waals surface area (Å²) >= 11 is 12.4. The van der Waals surface area contributed by atoms with Crippen molar-refractivity contribution in [2.75, 3.05) is 5.32 Å². The van der Waals surface area contributed by atoms with Gasteiger partial charge in [0.15, 0.2) is 0 Å². The molecule has 0 aromatic heterocycles. The molecule has 0 atom stereocenters. The molecule has 0 heterocycles. The third-order valence-corrected chi connectivity index (χ3v) is 4.79. The molecular formula is C21H18Cl2FNO. The smallest absolute Gasteiger partial charge is 0.138 e. The zero-order valence-corrected chi connectivity index (χ0v) is 15.7. The summed E-state index contributed by atoms with van der Waals surface area (Å²) in [6.45, 7) is 2.71. The van der Waals surface area contributed by atoms with Gasteiger partial charge in [0, 0.05) is 22.8 Å². The first kappa shape index (κ1) is 18.6. The predicted octanol–water partition coefficient (Wildman–Crippen LogP) is 6.63. The molecule has 1 N–H and O–H groups in total. The largest absolute Gasteiger partial charge is 0.487 e. The van der Waals surface area contributed by atoms with E-state index < -0.39 is 0 Å². The lowest BCUT2D eigenvalue weighted by atomic mass is 10.1. The zero-order chi connectivity index (χ0) is 18.5. The molecule has 2 nitrogen and oxygen atoms in total. The second-order valence-electron chi connectivity index (χ2n) is 5.91. The maximum Gasteiger partial charge on any atom is 0.138 e. The summed E-state index contributed by atoms with van der Waals surface area (Å²) < 4.78 is 19.3. The number of anilines is 1. The minimum Gasteiger partial charge on any atom is -0.487 e. The van der Waals surface area contributed by atoms with E-state index in [9.17, 15) is 4.39 Å². The van der Waals surface area contributed by atoms with Crippen molar-refractivity contribution < 1.29 is 9.13 Å². The van der Waals surface area contributed by atoms with E-state index in [4.69, 9.17) is 27.9 Å². The van der Waals surface area contributed by atoms with E-state index >= 15 is 0 Å². The standard InChI is InChI=1S/C21H18Cl2FNO/c1-14-17(22)6-4-8-20(14)25-12-15-9-10-21(18(23)11-15)26-13-16-5-2-3-7-19(16)24/h2-11,25H,12-13H2,1H3. The van der Waals surface area contributed by atoms with Crippen LogP contribution in [0.4, 0.5) is 10.1 Å². The fourth-order valence-electron chi connectivity index (χ4n) is 2.54. The Bertz CT molecular complexity index is 914. The lowest BCUT2D eigenvalue weighted by Gasteiger charge is -2.13. The summed E-state index contributed by atoms with van der Waals surface area (Å²) in [4.78, 5) is 0. The molecule has 0 radical (unpaired) electrons. The fourth-order valence-corrected chi connectivity index (χ4v) is 2.97. The number of nitrogens with one attached hydrogen (secondary N) is 1. The summed E-state index contributed by atoms with van der Waals surface area (Å²) in [5.74, 6) is 0.235. The molecule has 0 fully saturated rings. The Labute approximate surface area is 162 Å². The summed E-state index contributed by atoms with van der Waals surface area (Å²) in [5.41, 5.74) is 3.48. The molecule has 0 spiro atoms. The Hall–Kier alpha value is -2.23. The molecule has 3 aromatic carbocycles. The minimum atomic E-state index is -0.290. The van der Waals surface area contributed by atoms with Gasteiger partial charge in [0.25, 0.3) is 0 Å². The molecule has 0 saturated carbocycles. The highest BCUT2D eigenvalue weighted by atomic mass is 35.5. The summed E-state index contributed by atoms with van der Waals surface area (Å²) in [6, 6.07) is 17.8. The van der Waals surface area contributed by atoms with E-state index in [1.54, 1.807) is 24.3 Å². The Kier molecular flexibility index (Phi) is 6.02.